The van der Waals surface area contributed by atoms with Gasteiger partial charge in [0.05, 0.1) is 6.54 Å². The molecule has 3 aromatic rings. The Kier molecular flexibility index (Phi) is 11.0. The Balaban J connectivity index is 1.96. The number of aryl methyl sites for hydroxylation is 1. The topological polar surface area (TPSA) is 121 Å². The van der Waals surface area contributed by atoms with E-state index in [4.69, 9.17) is 0 Å². The second-order valence-electron chi connectivity index (χ2n) is 9.57. The van der Waals surface area contributed by atoms with Crippen molar-refractivity contribution in [3.8, 4) is 0 Å². The van der Waals surface area contributed by atoms with Gasteiger partial charge in [-0.3, -0.25) is 19.6 Å². The van der Waals surface area contributed by atoms with Gasteiger partial charge in [0.2, 0.25) is 5.91 Å². The van der Waals surface area contributed by atoms with E-state index in [-0.39, 0.29) is 37.8 Å². The van der Waals surface area contributed by atoms with Crippen LogP contribution in [0.2, 0.25) is 0 Å². The zero-order valence-electron chi connectivity index (χ0n) is 21.9. The number of carbonyl (C=O) groups excluding carboxylic acids is 3. The summed E-state index contributed by atoms with van der Waals surface area (Å²) < 4.78 is 1.37. The highest BCUT2D eigenvalue weighted by molar-refractivity contribution is 5.89. The van der Waals surface area contributed by atoms with E-state index >= 15 is 0 Å². The number of hydrogen-bond donors (Lipinski definition) is 2. The van der Waals surface area contributed by atoms with Crippen molar-refractivity contribution in [3.63, 3.8) is 0 Å². The number of amides is 3. The third-order valence-electron chi connectivity index (χ3n) is 6.17. The highest BCUT2D eigenvalue weighted by atomic mass is 16.5. The van der Waals surface area contributed by atoms with Gasteiger partial charge in [-0.15, -0.1) is 0 Å². The lowest BCUT2D eigenvalue weighted by molar-refractivity contribution is -0.176. The maximum absolute atomic E-state index is 13.7. The smallest absolute Gasteiger partial charge is 0.268 e. The first-order chi connectivity index (χ1) is 18.4. The Labute approximate surface area is 223 Å². The number of nitrogens with zero attached hydrogens (tertiary/aromatic N) is 5. The SMILES string of the molecule is CC(C)CCC(=O)N([C@@H](CCCc1ccccc1)C(=O)NO)N(Cc1ccccc1)C(=O)Cn1cncn1. The average Bonchev–Trinajstić information content (AvgIpc) is 3.44. The molecule has 0 fully saturated rings. The van der Waals surface area contributed by atoms with Crippen LogP contribution in [0.1, 0.15) is 50.7 Å². The molecule has 1 aromatic heterocycles. The fourth-order valence-corrected chi connectivity index (χ4v) is 4.16. The fourth-order valence-electron chi connectivity index (χ4n) is 4.16. The molecule has 0 aliphatic carbocycles. The van der Waals surface area contributed by atoms with Crippen LogP contribution in [0, 0.1) is 5.92 Å². The molecule has 10 heteroatoms. The largest absolute Gasteiger partial charge is 0.289 e. The van der Waals surface area contributed by atoms with E-state index in [0.717, 1.165) is 11.1 Å². The van der Waals surface area contributed by atoms with Crippen LogP contribution >= 0.6 is 0 Å². The van der Waals surface area contributed by atoms with Crippen molar-refractivity contribution in [2.24, 2.45) is 5.92 Å². The molecule has 3 amide bonds. The second kappa shape index (κ2) is 14.6. The minimum absolute atomic E-state index is 0.0652. The predicted octanol–water partition coefficient (Wildman–Crippen LogP) is 3.38. The molecule has 1 heterocycles. The average molecular weight is 521 g/mol. The van der Waals surface area contributed by atoms with Gasteiger partial charge in [-0.25, -0.2) is 25.2 Å². The summed E-state index contributed by atoms with van der Waals surface area (Å²) in [5.74, 6) is -1.30. The van der Waals surface area contributed by atoms with Crippen molar-refractivity contribution in [1.82, 2.24) is 30.3 Å². The summed E-state index contributed by atoms with van der Waals surface area (Å²) in [6.07, 6.45) is 4.96. The molecule has 0 saturated heterocycles. The summed E-state index contributed by atoms with van der Waals surface area (Å²) in [6.45, 7) is 3.91. The molecule has 1 atom stereocenters. The molecule has 3 rings (SSSR count). The summed E-state index contributed by atoms with van der Waals surface area (Å²) >= 11 is 0. The maximum Gasteiger partial charge on any atom is 0.268 e. The van der Waals surface area contributed by atoms with Gasteiger partial charge in [0, 0.05) is 6.42 Å². The summed E-state index contributed by atoms with van der Waals surface area (Å²) in [5, 5.41) is 16.2. The number of rotatable bonds is 13. The monoisotopic (exact) mass is 520 g/mol. The molecule has 202 valence electrons. The number of benzene rings is 2. The van der Waals surface area contributed by atoms with Crippen LogP contribution in [0.15, 0.2) is 73.3 Å². The fraction of sp³-hybridized carbons (Fsp3) is 0.393. The predicted molar refractivity (Wildman–Crippen MR) is 141 cm³/mol. The van der Waals surface area contributed by atoms with E-state index in [2.05, 4.69) is 10.1 Å². The van der Waals surface area contributed by atoms with Crippen molar-refractivity contribution in [2.75, 3.05) is 0 Å². The summed E-state index contributed by atoms with van der Waals surface area (Å²) in [5.41, 5.74) is 3.60. The van der Waals surface area contributed by atoms with Crippen LogP contribution in [0.5, 0.6) is 0 Å². The van der Waals surface area contributed by atoms with E-state index in [1.807, 2.05) is 74.5 Å². The molecule has 0 unspecified atom stereocenters. The Morgan fingerprint density at radius 1 is 0.947 bits per heavy atom. The van der Waals surface area contributed by atoms with Gasteiger partial charge in [-0.2, -0.15) is 5.10 Å². The van der Waals surface area contributed by atoms with Crippen molar-refractivity contribution < 1.29 is 19.6 Å². The zero-order valence-corrected chi connectivity index (χ0v) is 21.9. The van der Waals surface area contributed by atoms with Crippen LogP contribution in [0.4, 0.5) is 0 Å². The third-order valence-corrected chi connectivity index (χ3v) is 6.17. The first kappa shape index (κ1) is 28.5. The Morgan fingerprint density at radius 2 is 1.61 bits per heavy atom. The first-order valence-corrected chi connectivity index (χ1v) is 12.9. The van der Waals surface area contributed by atoms with E-state index in [9.17, 15) is 19.6 Å². The lowest BCUT2D eigenvalue weighted by Crippen LogP contribution is -2.59. The molecule has 38 heavy (non-hydrogen) atoms. The minimum Gasteiger partial charge on any atom is -0.289 e. The molecule has 0 saturated carbocycles. The van der Waals surface area contributed by atoms with Crippen molar-refractivity contribution in [1.29, 1.82) is 0 Å². The Hall–Kier alpha value is -4.05. The summed E-state index contributed by atoms with van der Waals surface area (Å²) in [4.78, 5) is 44.3. The summed E-state index contributed by atoms with van der Waals surface area (Å²) in [6, 6.07) is 18.0. The second-order valence-corrected chi connectivity index (χ2v) is 9.57. The Bertz CT molecular complexity index is 1140. The molecule has 2 N–H and O–H groups in total. The molecule has 0 aliphatic rings. The van der Waals surface area contributed by atoms with Crippen LogP contribution in [0.3, 0.4) is 0 Å². The number of aromatic nitrogens is 3. The van der Waals surface area contributed by atoms with Gasteiger partial charge in [-0.05, 0) is 42.7 Å². The standard InChI is InChI=1S/C28H36N6O4/c1-22(2)16-17-26(35)34(25(28(37)31-38)15-9-14-23-10-5-3-6-11-23)33(18-24-12-7-4-8-13-24)27(36)19-32-21-29-20-30-32/h3-8,10-13,20-22,25,38H,9,14-19H2,1-2H3,(H,31,37)/t25-/m0/s1. The van der Waals surface area contributed by atoms with Crippen LogP contribution in [-0.4, -0.2) is 53.8 Å². The highest BCUT2D eigenvalue weighted by Crippen LogP contribution is 2.20. The number of nitrogens with one attached hydrogen (secondary N) is 1. The van der Waals surface area contributed by atoms with Crippen LogP contribution in [-0.2, 0) is 33.9 Å². The van der Waals surface area contributed by atoms with Gasteiger partial charge in [0.25, 0.3) is 11.8 Å². The third kappa shape index (κ3) is 8.52. The van der Waals surface area contributed by atoms with E-state index < -0.39 is 17.9 Å². The lowest BCUT2D eigenvalue weighted by atomic mass is 10.0. The summed E-state index contributed by atoms with van der Waals surface area (Å²) in [7, 11) is 0. The van der Waals surface area contributed by atoms with E-state index in [0.29, 0.717) is 19.3 Å². The molecule has 0 aliphatic heterocycles. The number of hydrogen-bond acceptors (Lipinski definition) is 6. The van der Waals surface area contributed by atoms with Gasteiger partial charge in [0.15, 0.2) is 0 Å². The number of hydrazine groups is 1. The lowest BCUT2D eigenvalue weighted by Gasteiger charge is -2.39. The normalized spacial score (nSPS) is 11.7. The molecule has 10 nitrogen and oxygen atoms in total. The molecule has 0 spiro atoms. The van der Waals surface area contributed by atoms with E-state index in [1.165, 1.54) is 27.4 Å². The molecule has 2 aromatic carbocycles. The van der Waals surface area contributed by atoms with Gasteiger partial charge in [0.1, 0.15) is 25.2 Å². The molecule has 0 radical (unpaired) electrons. The first-order valence-electron chi connectivity index (χ1n) is 12.9. The van der Waals surface area contributed by atoms with E-state index in [1.54, 1.807) is 5.48 Å². The number of carbonyl (C=O) groups is 3. The number of hydroxylamine groups is 1. The van der Waals surface area contributed by atoms with Gasteiger partial charge < -0.3 is 0 Å². The quantitative estimate of drug-likeness (QED) is 0.263. The van der Waals surface area contributed by atoms with Crippen molar-refractivity contribution >= 4 is 17.7 Å². The highest BCUT2D eigenvalue weighted by Gasteiger charge is 2.36. The van der Waals surface area contributed by atoms with Crippen LogP contribution in [0.25, 0.3) is 0 Å². The van der Waals surface area contributed by atoms with Crippen molar-refractivity contribution in [2.45, 2.75) is 65.1 Å². The minimum atomic E-state index is -1.09. The molecule has 0 bridgehead atoms. The maximum atomic E-state index is 13.7. The van der Waals surface area contributed by atoms with Crippen LogP contribution < -0.4 is 5.48 Å². The van der Waals surface area contributed by atoms with Crippen molar-refractivity contribution in [3.05, 3.63) is 84.4 Å². The van der Waals surface area contributed by atoms with Gasteiger partial charge in [-0.1, -0.05) is 74.5 Å². The zero-order chi connectivity index (χ0) is 27.3. The molecular formula is C28H36N6O4. The molecular weight excluding hydrogens is 484 g/mol. The van der Waals surface area contributed by atoms with Gasteiger partial charge >= 0.3 is 0 Å². The Morgan fingerprint density at radius 3 is 2.18 bits per heavy atom.